The van der Waals surface area contributed by atoms with E-state index in [4.69, 9.17) is 9.84 Å². The van der Waals surface area contributed by atoms with E-state index in [0.29, 0.717) is 11.8 Å². The summed E-state index contributed by atoms with van der Waals surface area (Å²) < 4.78 is 5.37. The largest absolute Gasteiger partial charge is 0.480 e. The molecule has 0 aromatic heterocycles. The van der Waals surface area contributed by atoms with Crippen molar-refractivity contribution in [3.05, 3.63) is 0 Å². The molecule has 1 rings (SSSR count). The van der Waals surface area contributed by atoms with Crippen molar-refractivity contribution in [2.75, 3.05) is 6.61 Å². The highest BCUT2D eigenvalue weighted by atomic mass is 16.5. The summed E-state index contributed by atoms with van der Waals surface area (Å²) in [4.78, 5) is 10.3. The molecule has 1 saturated carbocycles. The standard InChI is InChI=1S/C10H18O3/c1-7-4-3-5-8(2)10(7)13-6-9(11)12/h7-8,10H,3-6H2,1-2H3,(H,11,12). The van der Waals surface area contributed by atoms with Crippen LogP contribution in [0.15, 0.2) is 0 Å². The molecular weight excluding hydrogens is 168 g/mol. The van der Waals surface area contributed by atoms with Gasteiger partial charge in [0.1, 0.15) is 6.61 Å². The highest BCUT2D eigenvalue weighted by Crippen LogP contribution is 2.30. The molecule has 3 nitrogen and oxygen atoms in total. The van der Waals surface area contributed by atoms with Gasteiger partial charge in [0.2, 0.25) is 0 Å². The molecule has 0 amide bonds. The maximum Gasteiger partial charge on any atom is 0.329 e. The molecule has 1 fully saturated rings. The highest BCUT2D eigenvalue weighted by molar-refractivity contribution is 5.68. The molecule has 0 bridgehead atoms. The Morgan fingerprint density at radius 3 is 2.38 bits per heavy atom. The monoisotopic (exact) mass is 186 g/mol. The molecule has 0 aromatic carbocycles. The van der Waals surface area contributed by atoms with Gasteiger partial charge in [0.25, 0.3) is 0 Å². The SMILES string of the molecule is CC1CCCC(C)C1OCC(=O)O. The fraction of sp³-hybridized carbons (Fsp3) is 0.900. The van der Waals surface area contributed by atoms with Crippen LogP contribution in [0.1, 0.15) is 33.1 Å². The van der Waals surface area contributed by atoms with E-state index in [2.05, 4.69) is 13.8 Å². The third kappa shape index (κ3) is 2.99. The topological polar surface area (TPSA) is 46.5 Å². The van der Waals surface area contributed by atoms with E-state index in [9.17, 15) is 4.79 Å². The van der Waals surface area contributed by atoms with Crippen molar-refractivity contribution in [1.29, 1.82) is 0 Å². The molecule has 0 aromatic rings. The minimum atomic E-state index is -0.870. The number of rotatable bonds is 3. The highest BCUT2D eigenvalue weighted by Gasteiger charge is 2.28. The molecule has 76 valence electrons. The van der Waals surface area contributed by atoms with Crippen LogP contribution in [0.2, 0.25) is 0 Å². The Kier molecular flexibility index (Phi) is 3.72. The smallest absolute Gasteiger partial charge is 0.329 e. The summed E-state index contributed by atoms with van der Waals surface area (Å²) >= 11 is 0. The number of ether oxygens (including phenoxy) is 1. The molecule has 2 atom stereocenters. The van der Waals surface area contributed by atoms with Crippen molar-refractivity contribution < 1.29 is 14.6 Å². The van der Waals surface area contributed by atoms with E-state index in [0.717, 1.165) is 12.8 Å². The third-order valence-corrected chi connectivity index (χ3v) is 2.84. The van der Waals surface area contributed by atoms with Crippen molar-refractivity contribution >= 4 is 5.97 Å². The number of carboxylic acids is 1. The number of carboxylic acid groups (broad SMARTS) is 1. The van der Waals surface area contributed by atoms with Gasteiger partial charge in [-0.25, -0.2) is 4.79 Å². The van der Waals surface area contributed by atoms with E-state index >= 15 is 0 Å². The van der Waals surface area contributed by atoms with Crippen molar-refractivity contribution in [3.8, 4) is 0 Å². The zero-order chi connectivity index (χ0) is 9.84. The van der Waals surface area contributed by atoms with Gasteiger partial charge >= 0.3 is 5.97 Å². The van der Waals surface area contributed by atoms with Gasteiger partial charge in [0.15, 0.2) is 0 Å². The minimum Gasteiger partial charge on any atom is -0.480 e. The van der Waals surface area contributed by atoms with Crippen LogP contribution in [0.3, 0.4) is 0 Å². The molecule has 1 aliphatic carbocycles. The van der Waals surface area contributed by atoms with Gasteiger partial charge in [-0.3, -0.25) is 0 Å². The fourth-order valence-electron chi connectivity index (χ4n) is 2.15. The second-order valence-electron chi connectivity index (χ2n) is 4.05. The lowest BCUT2D eigenvalue weighted by atomic mass is 9.81. The van der Waals surface area contributed by atoms with Gasteiger partial charge < -0.3 is 9.84 Å². The number of hydrogen-bond donors (Lipinski definition) is 1. The normalized spacial score (nSPS) is 34.5. The van der Waals surface area contributed by atoms with E-state index in [1.807, 2.05) is 0 Å². The summed E-state index contributed by atoms with van der Waals surface area (Å²) in [5.41, 5.74) is 0. The van der Waals surface area contributed by atoms with Crippen LogP contribution in [0.5, 0.6) is 0 Å². The summed E-state index contributed by atoms with van der Waals surface area (Å²) in [6.45, 7) is 4.13. The van der Waals surface area contributed by atoms with E-state index < -0.39 is 5.97 Å². The van der Waals surface area contributed by atoms with Crippen molar-refractivity contribution in [1.82, 2.24) is 0 Å². The van der Waals surface area contributed by atoms with E-state index in [-0.39, 0.29) is 12.7 Å². The molecule has 1 N–H and O–H groups in total. The maximum absolute atomic E-state index is 10.3. The predicted molar refractivity (Wildman–Crippen MR) is 49.6 cm³/mol. The van der Waals surface area contributed by atoms with Gasteiger partial charge in [-0.15, -0.1) is 0 Å². The van der Waals surface area contributed by atoms with Crippen molar-refractivity contribution in [3.63, 3.8) is 0 Å². The lowest BCUT2D eigenvalue weighted by Gasteiger charge is -2.33. The van der Waals surface area contributed by atoms with Crippen molar-refractivity contribution in [2.24, 2.45) is 11.8 Å². The summed E-state index contributed by atoms with van der Waals surface area (Å²) in [6, 6.07) is 0. The Labute approximate surface area is 79.1 Å². The number of carbonyl (C=O) groups is 1. The molecule has 0 spiro atoms. The molecule has 0 aliphatic heterocycles. The second-order valence-corrected chi connectivity index (χ2v) is 4.05. The van der Waals surface area contributed by atoms with Crippen LogP contribution in [0.25, 0.3) is 0 Å². The molecule has 0 saturated heterocycles. The van der Waals surface area contributed by atoms with Gasteiger partial charge in [-0.1, -0.05) is 20.3 Å². The quantitative estimate of drug-likeness (QED) is 0.732. The third-order valence-electron chi connectivity index (χ3n) is 2.84. The molecule has 2 unspecified atom stereocenters. The molecule has 13 heavy (non-hydrogen) atoms. The minimum absolute atomic E-state index is 0.143. The summed E-state index contributed by atoms with van der Waals surface area (Å²) in [6.07, 6.45) is 3.71. The zero-order valence-electron chi connectivity index (χ0n) is 8.32. The average molecular weight is 186 g/mol. The van der Waals surface area contributed by atoms with Gasteiger partial charge in [0.05, 0.1) is 6.10 Å². The van der Waals surface area contributed by atoms with Gasteiger partial charge in [-0.05, 0) is 24.7 Å². The lowest BCUT2D eigenvalue weighted by Crippen LogP contribution is -2.34. The Bertz CT molecular complexity index is 169. The molecule has 3 heteroatoms. The predicted octanol–water partition coefficient (Wildman–Crippen LogP) is 1.91. The van der Waals surface area contributed by atoms with Gasteiger partial charge in [-0.2, -0.15) is 0 Å². The summed E-state index contributed by atoms with van der Waals surface area (Å²) in [7, 11) is 0. The Morgan fingerprint density at radius 1 is 1.38 bits per heavy atom. The molecule has 0 heterocycles. The Balaban J connectivity index is 2.39. The Morgan fingerprint density at radius 2 is 1.92 bits per heavy atom. The maximum atomic E-state index is 10.3. The van der Waals surface area contributed by atoms with Crippen LogP contribution in [0.4, 0.5) is 0 Å². The Hall–Kier alpha value is -0.570. The van der Waals surface area contributed by atoms with Crippen LogP contribution in [-0.4, -0.2) is 23.8 Å². The molecular formula is C10H18O3. The van der Waals surface area contributed by atoms with Crippen LogP contribution < -0.4 is 0 Å². The van der Waals surface area contributed by atoms with Crippen LogP contribution in [-0.2, 0) is 9.53 Å². The number of aliphatic carboxylic acids is 1. The fourth-order valence-corrected chi connectivity index (χ4v) is 2.15. The summed E-state index contributed by atoms with van der Waals surface area (Å²) in [5, 5.41) is 8.49. The lowest BCUT2D eigenvalue weighted by molar-refractivity contribution is -0.147. The van der Waals surface area contributed by atoms with Crippen LogP contribution in [0, 0.1) is 11.8 Å². The van der Waals surface area contributed by atoms with Gasteiger partial charge in [0, 0.05) is 0 Å². The molecule has 1 aliphatic rings. The zero-order valence-corrected chi connectivity index (χ0v) is 8.32. The molecule has 0 radical (unpaired) electrons. The number of hydrogen-bond acceptors (Lipinski definition) is 2. The first-order valence-electron chi connectivity index (χ1n) is 4.94. The summed E-state index contributed by atoms with van der Waals surface area (Å²) in [5.74, 6) is 0.135. The van der Waals surface area contributed by atoms with Crippen molar-refractivity contribution in [2.45, 2.75) is 39.2 Å². The first-order valence-corrected chi connectivity index (χ1v) is 4.94. The first-order chi connectivity index (χ1) is 6.11. The van der Waals surface area contributed by atoms with Crippen LogP contribution >= 0.6 is 0 Å². The van der Waals surface area contributed by atoms with E-state index in [1.54, 1.807) is 0 Å². The average Bonchev–Trinajstić information content (AvgIpc) is 2.03. The second kappa shape index (κ2) is 4.61. The van der Waals surface area contributed by atoms with E-state index in [1.165, 1.54) is 6.42 Å². The first kappa shape index (κ1) is 10.5.